The SMILES string of the molecule is CCN(C)c1ccc2c(C)c(/C=C/C(=O)c3cc4cc5c6c(c4oc3=O)C(C)(C)CCN6CCC5(C)C)c(=O)oc2c1. The summed E-state index contributed by atoms with van der Waals surface area (Å²) in [6, 6.07) is 9.50. The van der Waals surface area contributed by atoms with E-state index in [-0.39, 0.29) is 22.0 Å². The number of carbonyl (C=O) groups excluding carboxylic acids is 1. The molecule has 0 unspecified atom stereocenters. The van der Waals surface area contributed by atoms with Crippen molar-refractivity contribution >= 4 is 45.2 Å². The zero-order valence-corrected chi connectivity index (χ0v) is 25.5. The second-order valence-corrected chi connectivity index (χ2v) is 13.1. The molecule has 0 saturated carbocycles. The van der Waals surface area contributed by atoms with Gasteiger partial charge >= 0.3 is 11.3 Å². The van der Waals surface area contributed by atoms with Crippen LogP contribution in [0.5, 0.6) is 0 Å². The van der Waals surface area contributed by atoms with Crippen LogP contribution in [0.4, 0.5) is 11.4 Å². The van der Waals surface area contributed by atoms with Gasteiger partial charge in [0.1, 0.15) is 16.7 Å². The van der Waals surface area contributed by atoms with Crippen molar-refractivity contribution < 1.29 is 13.6 Å². The van der Waals surface area contributed by atoms with Crippen LogP contribution >= 0.6 is 0 Å². The average molecular weight is 567 g/mol. The van der Waals surface area contributed by atoms with E-state index in [9.17, 15) is 14.4 Å². The number of nitrogens with zero attached hydrogens (tertiary/aromatic N) is 2. The molecule has 6 rings (SSSR count). The molecule has 7 heteroatoms. The van der Waals surface area contributed by atoms with E-state index in [4.69, 9.17) is 8.83 Å². The van der Waals surface area contributed by atoms with E-state index in [0.717, 1.165) is 54.5 Å². The van der Waals surface area contributed by atoms with Crippen LogP contribution in [0.1, 0.15) is 80.1 Å². The first-order valence-electron chi connectivity index (χ1n) is 14.7. The van der Waals surface area contributed by atoms with Gasteiger partial charge in [-0.25, -0.2) is 9.59 Å². The Morgan fingerprint density at radius 2 is 1.71 bits per heavy atom. The molecule has 4 aromatic rings. The molecular formula is C35H38N2O5. The first kappa shape index (κ1) is 28.0. The molecule has 0 N–H and O–H groups in total. The minimum atomic E-state index is -0.675. The summed E-state index contributed by atoms with van der Waals surface area (Å²) in [5, 5.41) is 1.54. The highest BCUT2D eigenvalue weighted by Gasteiger charge is 2.42. The van der Waals surface area contributed by atoms with Crippen LogP contribution < -0.4 is 21.1 Å². The molecule has 2 aromatic heterocycles. The molecule has 0 saturated heterocycles. The van der Waals surface area contributed by atoms with Crippen LogP contribution in [-0.2, 0) is 10.8 Å². The maximum Gasteiger partial charge on any atom is 0.347 e. The van der Waals surface area contributed by atoms with Gasteiger partial charge in [-0.05, 0) is 85.1 Å². The molecule has 7 nitrogen and oxygen atoms in total. The van der Waals surface area contributed by atoms with Gasteiger partial charge in [0, 0.05) is 60.5 Å². The Bertz CT molecular complexity index is 1920. The van der Waals surface area contributed by atoms with E-state index >= 15 is 0 Å². The zero-order chi connectivity index (χ0) is 30.1. The monoisotopic (exact) mass is 566 g/mol. The molecule has 0 amide bonds. The number of ketones is 1. The molecule has 0 radical (unpaired) electrons. The predicted molar refractivity (Wildman–Crippen MR) is 170 cm³/mol. The second-order valence-electron chi connectivity index (χ2n) is 13.1. The number of anilines is 2. The number of hydrogen-bond donors (Lipinski definition) is 0. The van der Waals surface area contributed by atoms with Gasteiger partial charge < -0.3 is 18.6 Å². The second kappa shape index (κ2) is 9.72. The average Bonchev–Trinajstić information content (AvgIpc) is 2.94. The van der Waals surface area contributed by atoms with Crippen molar-refractivity contribution in [3.63, 3.8) is 0 Å². The van der Waals surface area contributed by atoms with Crippen LogP contribution in [0.2, 0.25) is 0 Å². The highest BCUT2D eigenvalue weighted by Crippen LogP contribution is 2.51. The summed E-state index contributed by atoms with van der Waals surface area (Å²) < 4.78 is 11.6. The van der Waals surface area contributed by atoms with E-state index in [1.807, 2.05) is 39.1 Å². The molecule has 0 bridgehead atoms. The van der Waals surface area contributed by atoms with Gasteiger partial charge in [0.2, 0.25) is 0 Å². The smallest absolute Gasteiger partial charge is 0.347 e. The Morgan fingerprint density at radius 3 is 2.43 bits per heavy atom. The van der Waals surface area contributed by atoms with Gasteiger partial charge in [-0.15, -0.1) is 0 Å². The fraction of sp³-hybridized carbons (Fsp3) is 0.400. The molecule has 2 aromatic carbocycles. The van der Waals surface area contributed by atoms with E-state index in [2.05, 4.69) is 43.6 Å². The lowest BCUT2D eigenvalue weighted by atomic mass is 9.69. The normalized spacial score (nSPS) is 17.2. The van der Waals surface area contributed by atoms with Gasteiger partial charge in [0.05, 0.1) is 5.56 Å². The van der Waals surface area contributed by atoms with Crippen molar-refractivity contribution in [2.45, 2.75) is 65.2 Å². The molecule has 4 heterocycles. The lowest BCUT2D eigenvalue weighted by molar-refractivity contribution is 0.104. The van der Waals surface area contributed by atoms with E-state index < -0.39 is 17.0 Å². The van der Waals surface area contributed by atoms with Crippen molar-refractivity contribution in [1.29, 1.82) is 0 Å². The Morgan fingerprint density at radius 1 is 1.00 bits per heavy atom. The summed E-state index contributed by atoms with van der Waals surface area (Å²) in [4.78, 5) is 44.1. The van der Waals surface area contributed by atoms with Crippen LogP contribution in [0.3, 0.4) is 0 Å². The summed E-state index contributed by atoms with van der Waals surface area (Å²) in [5.41, 5.74) is 4.96. The van der Waals surface area contributed by atoms with Crippen molar-refractivity contribution in [1.82, 2.24) is 0 Å². The topological polar surface area (TPSA) is 84.0 Å². The Labute approximate surface area is 245 Å². The maximum atomic E-state index is 13.4. The number of benzene rings is 2. The largest absolute Gasteiger partial charge is 0.422 e. The molecular weight excluding hydrogens is 528 g/mol. The van der Waals surface area contributed by atoms with Gasteiger partial charge in [-0.2, -0.15) is 0 Å². The van der Waals surface area contributed by atoms with E-state index in [1.165, 1.54) is 23.4 Å². The summed E-state index contributed by atoms with van der Waals surface area (Å²) in [6.07, 6.45) is 4.69. The molecule has 0 aliphatic carbocycles. The number of fused-ring (bicyclic) bond motifs is 3. The fourth-order valence-corrected chi connectivity index (χ4v) is 6.54. The molecule has 2 aliphatic heterocycles. The number of rotatable bonds is 5. The molecule has 0 atom stereocenters. The van der Waals surface area contributed by atoms with Crippen LogP contribution in [0.25, 0.3) is 28.0 Å². The zero-order valence-electron chi connectivity index (χ0n) is 25.5. The lowest BCUT2D eigenvalue weighted by Crippen LogP contribution is -2.44. The van der Waals surface area contributed by atoms with Crippen LogP contribution in [0.15, 0.2) is 54.8 Å². The third kappa shape index (κ3) is 4.37. The third-order valence-electron chi connectivity index (χ3n) is 9.51. The van der Waals surface area contributed by atoms with E-state index in [0.29, 0.717) is 16.7 Å². The lowest BCUT2D eigenvalue weighted by Gasteiger charge is -2.48. The highest BCUT2D eigenvalue weighted by molar-refractivity contribution is 6.08. The first-order chi connectivity index (χ1) is 19.8. The van der Waals surface area contributed by atoms with Crippen LogP contribution in [0, 0.1) is 6.92 Å². The third-order valence-corrected chi connectivity index (χ3v) is 9.51. The van der Waals surface area contributed by atoms with Gasteiger partial charge in [0.15, 0.2) is 5.78 Å². The van der Waals surface area contributed by atoms with Crippen molar-refractivity contribution in [3.8, 4) is 0 Å². The minimum Gasteiger partial charge on any atom is -0.422 e. The number of carbonyl (C=O) groups is 1. The molecule has 42 heavy (non-hydrogen) atoms. The number of hydrogen-bond acceptors (Lipinski definition) is 7. The minimum absolute atomic E-state index is 0.0449. The Kier molecular flexibility index (Phi) is 6.48. The van der Waals surface area contributed by atoms with Gasteiger partial charge in [-0.3, -0.25) is 4.79 Å². The Balaban J connectivity index is 1.43. The standard InChI is InChI=1S/C35H38N2O5/c1-8-36(7)22-9-10-23-20(2)24(32(39)41-28(23)19-22)11-12-27(38)25-17-21-18-26-30-29(31(21)42-33(25)40)35(5,6)14-16-37(30)15-13-34(26,3)4/h9-12,17-19H,8,13-16H2,1-7H3/b12-11+. The summed E-state index contributed by atoms with van der Waals surface area (Å²) in [5.74, 6) is -0.518. The molecule has 0 fully saturated rings. The quantitative estimate of drug-likeness (QED) is 0.150. The predicted octanol–water partition coefficient (Wildman–Crippen LogP) is 6.73. The molecule has 218 valence electrons. The van der Waals surface area contributed by atoms with Gasteiger partial charge in [-0.1, -0.05) is 27.7 Å². The van der Waals surface area contributed by atoms with Crippen molar-refractivity contribution in [3.05, 3.63) is 85.1 Å². The molecule has 0 spiro atoms. The molecule has 2 aliphatic rings. The summed E-state index contributed by atoms with van der Waals surface area (Å²) in [6.45, 7) is 15.5. The van der Waals surface area contributed by atoms with E-state index in [1.54, 1.807) is 6.07 Å². The number of allylic oxidation sites excluding steroid dienone is 1. The van der Waals surface area contributed by atoms with Gasteiger partial charge in [0.25, 0.3) is 0 Å². The summed E-state index contributed by atoms with van der Waals surface area (Å²) >= 11 is 0. The van der Waals surface area contributed by atoms with Crippen LogP contribution in [-0.4, -0.2) is 32.5 Å². The Hall–Kier alpha value is -4.13. The number of aryl methyl sites for hydroxylation is 1. The first-order valence-corrected chi connectivity index (χ1v) is 14.7. The fourth-order valence-electron chi connectivity index (χ4n) is 6.54. The van der Waals surface area contributed by atoms with Crippen molar-refractivity contribution in [2.24, 2.45) is 0 Å². The maximum absolute atomic E-state index is 13.4. The highest BCUT2D eigenvalue weighted by atomic mass is 16.4. The summed E-state index contributed by atoms with van der Waals surface area (Å²) in [7, 11) is 1.97. The van der Waals surface area contributed by atoms with Crippen molar-refractivity contribution in [2.75, 3.05) is 36.5 Å².